The summed E-state index contributed by atoms with van der Waals surface area (Å²) in [4.78, 5) is 45.5. The summed E-state index contributed by atoms with van der Waals surface area (Å²) < 4.78 is 0. The highest BCUT2D eigenvalue weighted by Gasteiger charge is 2.52. The molecule has 2 amide bonds. The second-order valence-corrected chi connectivity index (χ2v) is 15.8. The van der Waals surface area contributed by atoms with Crippen molar-refractivity contribution < 1.29 is 19.5 Å². The maximum Gasteiger partial charge on any atom is 0.303 e. The number of hydrogen-bond donors (Lipinski definition) is 2. The number of benzene rings is 2. The van der Waals surface area contributed by atoms with Crippen LogP contribution in [-0.2, 0) is 9.59 Å². The minimum Gasteiger partial charge on any atom is -0.481 e. The maximum atomic E-state index is 14.6. The van der Waals surface area contributed by atoms with Crippen molar-refractivity contribution in [2.75, 3.05) is 6.54 Å². The number of halogens is 2. The maximum absolute atomic E-state index is 14.6. The van der Waals surface area contributed by atoms with E-state index in [0.717, 1.165) is 44.1 Å². The molecule has 1 aliphatic heterocycles. The molecule has 1 spiro atoms. The van der Waals surface area contributed by atoms with Gasteiger partial charge in [0.05, 0.1) is 6.04 Å². The van der Waals surface area contributed by atoms with Gasteiger partial charge in [0.2, 0.25) is 0 Å². The van der Waals surface area contributed by atoms with Gasteiger partial charge in [-0.2, -0.15) is 0 Å². The molecule has 7 nitrogen and oxygen atoms in total. The van der Waals surface area contributed by atoms with Crippen LogP contribution in [0.4, 0.5) is 0 Å². The number of carboxylic acid groups (broad SMARTS) is 1. The van der Waals surface area contributed by atoms with Crippen molar-refractivity contribution in [1.29, 1.82) is 0 Å². The van der Waals surface area contributed by atoms with Gasteiger partial charge >= 0.3 is 5.97 Å². The number of aliphatic carboxylic acids is 1. The topological polar surface area (TPSA) is 99.1 Å². The monoisotopic (exact) mass is 655 g/mol. The third-order valence-corrected chi connectivity index (χ3v) is 9.66. The van der Waals surface area contributed by atoms with E-state index in [1.54, 1.807) is 30.3 Å². The van der Waals surface area contributed by atoms with Crippen LogP contribution in [0.3, 0.4) is 0 Å². The first-order chi connectivity index (χ1) is 21.0. The highest BCUT2D eigenvalue weighted by Crippen LogP contribution is 2.50. The normalized spacial score (nSPS) is 21.2. The van der Waals surface area contributed by atoms with E-state index in [4.69, 9.17) is 33.3 Å². The average Bonchev–Trinajstić information content (AvgIpc) is 3.21. The summed E-state index contributed by atoms with van der Waals surface area (Å²) in [6.45, 7) is 13.7. The van der Waals surface area contributed by atoms with Gasteiger partial charge < -0.3 is 15.3 Å². The molecule has 1 atom stereocenters. The Hall–Kier alpha value is -2.90. The molecule has 0 unspecified atom stereocenters. The molecule has 1 aliphatic carbocycles. The zero-order valence-corrected chi connectivity index (χ0v) is 28.9. The summed E-state index contributed by atoms with van der Waals surface area (Å²) in [6, 6.07) is 12.4. The summed E-state index contributed by atoms with van der Waals surface area (Å²) in [5.41, 5.74) is 1.98. The number of nitrogens with zero attached hydrogens (tertiary/aromatic N) is 2. The molecular weight excluding hydrogens is 609 g/mol. The fourth-order valence-electron chi connectivity index (χ4n) is 6.64. The van der Waals surface area contributed by atoms with Gasteiger partial charge in [-0.25, -0.2) is 0 Å². The Morgan fingerprint density at radius 2 is 1.62 bits per heavy atom. The molecule has 1 heterocycles. The zero-order chi connectivity index (χ0) is 33.2. The smallest absolute Gasteiger partial charge is 0.303 e. The second-order valence-electron chi connectivity index (χ2n) is 14.9. The number of hydrogen-bond acceptors (Lipinski definition) is 4. The summed E-state index contributed by atoms with van der Waals surface area (Å²) in [6.07, 6.45) is 5.45. The van der Waals surface area contributed by atoms with E-state index in [9.17, 15) is 14.4 Å². The lowest BCUT2D eigenvalue weighted by molar-refractivity contribution is -0.137. The number of amides is 2. The second kappa shape index (κ2) is 13.8. The molecule has 244 valence electrons. The highest BCUT2D eigenvalue weighted by atomic mass is 35.5. The van der Waals surface area contributed by atoms with Crippen LogP contribution < -0.4 is 5.32 Å². The molecule has 4 rings (SSSR count). The van der Waals surface area contributed by atoms with Crippen LogP contribution in [0.25, 0.3) is 0 Å². The van der Waals surface area contributed by atoms with E-state index in [-0.39, 0.29) is 41.7 Å². The number of carboxylic acids is 1. The Morgan fingerprint density at radius 3 is 2.16 bits per heavy atom. The largest absolute Gasteiger partial charge is 0.481 e. The molecule has 0 saturated heterocycles. The third-order valence-electron chi connectivity index (χ3n) is 9.23. The Morgan fingerprint density at radius 1 is 1.02 bits per heavy atom. The van der Waals surface area contributed by atoms with Crippen LogP contribution in [0.15, 0.2) is 47.5 Å². The standard InChI is InChI=1S/C36H47Cl2N3O4/c1-34(2,3)16-15-29(23-9-11-24(12-10-23)32(44)39-19-7-8-30(42)43)41-33(45)31(25-20-27(37)22-28(38)21-25)40-36(41)17-13-26(14-18-36)35(4,5)6/h9-12,20-22,26,29H,7-8,13-19H2,1-6H3,(H,39,44)(H,42,43)/t26?,29-,36?/m1/s1. The molecule has 2 aromatic carbocycles. The lowest BCUT2D eigenvalue weighted by atomic mass is 9.69. The molecule has 2 aliphatic rings. The van der Waals surface area contributed by atoms with Crippen molar-refractivity contribution in [1.82, 2.24) is 10.2 Å². The lowest BCUT2D eigenvalue weighted by Gasteiger charge is -2.47. The van der Waals surface area contributed by atoms with Crippen LogP contribution in [-0.4, -0.2) is 45.7 Å². The predicted octanol–water partition coefficient (Wildman–Crippen LogP) is 8.72. The minimum absolute atomic E-state index is 0.00222. The average molecular weight is 657 g/mol. The van der Waals surface area contributed by atoms with Gasteiger partial charge in [-0.15, -0.1) is 0 Å². The van der Waals surface area contributed by atoms with E-state index < -0.39 is 11.6 Å². The van der Waals surface area contributed by atoms with Crippen LogP contribution in [0, 0.1) is 16.7 Å². The van der Waals surface area contributed by atoms with Gasteiger partial charge in [-0.05, 0) is 97.6 Å². The number of aliphatic imine (C=N–C) groups is 1. The molecule has 2 N–H and O–H groups in total. The first-order valence-electron chi connectivity index (χ1n) is 16.0. The summed E-state index contributed by atoms with van der Waals surface area (Å²) >= 11 is 12.8. The molecular formula is C36H47Cl2N3O4. The lowest BCUT2D eigenvalue weighted by Crippen LogP contribution is -2.51. The number of rotatable bonds is 10. The van der Waals surface area contributed by atoms with Gasteiger partial charge in [0, 0.05) is 34.1 Å². The molecule has 0 aromatic heterocycles. The molecule has 9 heteroatoms. The van der Waals surface area contributed by atoms with E-state index in [1.165, 1.54) is 0 Å². The summed E-state index contributed by atoms with van der Waals surface area (Å²) in [5, 5.41) is 12.6. The number of carbonyl (C=O) groups excluding carboxylic acids is 2. The molecule has 1 fully saturated rings. The zero-order valence-electron chi connectivity index (χ0n) is 27.4. The number of carbonyl (C=O) groups is 3. The van der Waals surface area contributed by atoms with Crippen LogP contribution in [0.5, 0.6) is 0 Å². The minimum atomic E-state index is -0.887. The van der Waals surface area contributed by atoms with Crippen LogP contribution >= 0.6 is 23.2 Å². The van der Waals surface area contributed by atoms with Gasteiger partial charge in [0.15, 0.2) is 0 Å². The van der Waals surface area contributed by atoms with Crippen molar-refractivity contribution in [2.24, 2.45) is 21.7 Å². The van der Waals surface area contributed by atoms with Gasteiger partial charge in [0.25, 0.3) is 11.8 Å². The molecule has 45 heavy (non-hydrogen) atoms. The Kier molecular flexibility index (Phi) is 10.8. The third kappa shape index (κ3) is 8.68. The fraction of sp³-hybridized carbons (Fsp3) is 0.556. The molecule has 1 saturated carbocycles. The summed E-state index contributed by atoms with van der Waals surface area (Å²) in [7, 11) is 0. The Labute approximate surface area is 277 Å². The first kappa shape index (κ1) is 35.0. The quantitative estimate of drug-likeness (QED) is 0.250. The fourth-order valence-corrected chi connectivity index (χ4v) is 7.16. The van der Waals surface area contributed by atoms with E-state index >= 15 is 0 Å². The highest BCUT2D eigenvalue weighted by molar-refractivity contribution is 6.47. The Balaban J connectivity index is 1.71. The Bertz CT molecular complexity index is 1410. The van der Waals surface area contributed by atoms with E-state index in [2.05, 4.69) is 46.9 Å². The van der Waals surface area contributed by atoms with Crippen molar-refractivity contribution >= 4 is 46.7 Å². The predicted molar refractivity (Wildman–Crippen MR) is 181 cm³/mol. The van der Waals surface area contributed by atoms with Gasteiger partial charge in [-0.3, -0.25) is 19.4 Å². The number of nitrogens with one attached hydrogen (secondary N) is 1. The first-order valence-corrected chi connectivity index (χ1v) is 16.7. The van der Waals surface area contributed by atoms with E-state index in [0.29, 0.717) is 39.2 Å². The van der Waals surface area contributed by atoms with Crippen LogP contribution in [0.2, 0.25) is 10.0 Å². The van der Waals surface area contributed by atoms with Gasteiger partial charge in [0.1, 0.15) is 11.4 Å². The van der Waals surface area contributed by atoms with Gasteiger partial charge in [-0.1, -0.05) is 76.9 Å². The molecule has 2 aromatic rings. The van der Waals surface area contributed by atoms with E-state index in [1.807, 2.05) is 17.0 Å². The van der Waals surface area contributed by atoms with Crippen molar-refractivity contribution in [2.45, 2.75) is 105 Å². The van der Waals surface area contributed by atoms with Crippen molar-refractivity contribution in [3.63, 3.8) is 0 Å². The molecule has 0 radical (unpaired) electrons. The van der Waals surface area contributed by atoms with Crippen molar-refractivity contribution in [3.8, 4) is 0 Å². The summed E-state index contributed by atoms with van der Waals surface area (Å²) in [5.74, 6) is -0.736. The SMILES string of the molecule is CC(C)(C)CC[C@H](c1ccc(C(=O)NCCCC(=O)O)cc1)N1C(=O)C(c2cc(Cl)cc(Cl)c2)=NC12CCC(C(C)(C)C)CC2. The van der Waals surface area contributed by atoms with Crippen LogP contribution in [0.1, 0.15) is 120 Å². The molecule has 0 bridgehead atoms. The van der Waals surface area contributed by atoms with Crippen molar-refractivity contribution in [3.05, 3.63) is 69.2 Å².